The third-order valence-corrected chi connectivity index (χ3v) is 7.23. The molecule has 1 fully saturated rings. The van der Waals surface area contributed by atoms with Crippen LogP contribution in [0.3, 0.4) is 0 Å². The van der Waals surface area contributed by atoms with Gasteiger partial charge in [-0.2, -0.15) is 9.78 Å². The van der Waals surface area contributed by atoms with Gasteiger partial charge < -0.3 is 4.90 Å². The van der Waals surface area contributed by atoms with Crippen molar-refractivity contribution in [3.63, 3.8) is 0 Å². The molecular formula is C29H30ClN5O2. The van der Waals surface area contributed by atoms with E-state index in [1.54, 1.807) is 38.1 Å². The normalized spacial score (nSPS) is 14.6. The lowest BCUT2D eigenvalue weighted by Crippen LogP contribution is -2.46. The molecule has 1 aromatic heterocycles. The monoisotopic (exact) mass is 515 g/mol. The number of carbonyl (C=O) groups is 1. The maximum atomic E-state index is 13.3. The molecule has 2 heterocycles. The van der Waals surface area contributed by atoms with Gasteiger partial charge in [-0.15, -0.1) is 0 Å². The number of rotatable bonds is 7. The van der Waals surface area contributed by atoms with Crippen molar-refractivity contribution in [2.75, 3.05) is 31.1 Å². The zero-order valence-corrected chi connectivity index (χ0v) is 21.8. The third-order valence-electron chi connectivity index (χ3n) is 6.98. The molecule has 7 nitrogen and oxygen atoms in total. The quantitative estimate of drug-likeness (QED) is 0.336. The standard InChI is InChI=1S/C29H30ClN5O2/c1-29(2,27(36)23-8-10-24(30)11-9-23)35-28(37)34(21-31-35)26-14-12-25(13-15-26)33-18-16-32(17-19-33)20-22-6-4-3-5-7-22/h3-15,21H,16-20H2,1-2H3. The molecule has 8 heteroatoms. The first-order valence-corrected chi connectivity index (χ1v) is 12.8. The van der Waals surface area contributed by atoms with Gasteiger partial charge in [0.05, 0.1) is 5.69 Å². The fourth-order valence-electron chi connectivity index (χ4n) is 4.75. The smallest absolute Gasteiger partial charge is 0.351 e. The maximum Gasteiger partial charge on any atom is 0.351 e. The van der Waals surface area contributed by atoms with Crippen LogP contribution in [0.1, 0.15) is 29.8 Å². The van der Waals surface area contributed by atoms with Crippen molar-refractivity contribution in [2.45, 2.75) is 25.9 Å². The lowest BCUT2D eigenvalue weighted by molar-refractivity contribution is 0.0828. The van der Waals surface area contributed by atoms with Gasteiger partial charge in [-0.3, -0.25) is 9.69 Å². The predicted molar refractivity (Wildman–Crippen MR) is 147 cm³/mol. The number of piperazine rings is 1. The van der Waals surface area contributed by atoms with Crippen LogP contribution in [-0.4, -0.2) is 51.2 Å². The van der Waals surface area contributed by atoms with Gasteiger partial charge in [-0.05, 0) is 67.9 Å². The summed E-state index contributed by atoms with van der Waals surface area (Å²) in [5.41, 5.74) is 2.12. The summed E-state index contributed by atoms with van der Waals surface area (Å²) in [5.74, 6) is -0.210. The molecule has 0 N–H and O–H groups in total. The van der Waals surface area contributed by atoms with Crippen molar-refractivity contribution in [2.24, 2.45) is 0 Å². The lowest BCUT2D eigenvalue weighted by atomic mass is 9.93. The molecule has 4 aromatic rings. The van der Waals surface area contributed by atoms with E-state index in [0.717, 1.165) is 38.4 Å². The van der Waals surface area contributed by atoms with Crippen LogP contribution in [0.5, 0.6) is 0 Å². The van der Waals surface area contributed by atoms with E-state index < -0.39 is 5.54 Å². The minimum Gasteiger partial charge on any atom is -0.369 e. The van der Waals surface area contributed by atoms with Crippen molar-refractivity contribution in [3.05, 3.63) is 112 Å². The highest BCUT2D eigenvalue weighted by Gasteiger charge is 2.34. The summed E-state index contributed by atoms with van der Waals surface area (Å²) in [6.07, 6.45) is 1.47. The second kappa shape index (κ2) is 10.4. The molecule has 3 aromatic carbocycles. The molecule has 5 rings (SSSR count). The Morgan fingerprint density at radius 2 is 1.49 bits per heavy atom. The van der Waals surface area contributed by atoms with Crippen molar-refractivity contribution in [3.8, 4) is 5.69 Å². The Kier molecular flexibility index (Phi) is 7.00. The van der Waals surface area contributed by atoms with Crippen LogP contribution in [0.4, 0.5) is 5.69 Å². The molecule has 1 saturated heterocycles. The summed E-state index contributed by atoms with van der Waals surface area (Å²) in [6.45, 7) is 8.26. The van der Waals surface area contributed by atoms with Crippen molar-refractivity contribution in [1.82, 2.24) is 19.2 Å². The van der Waals surface area contributed by atoms with Crippen molar-refractivity contribution >= 4 is 23.1 Å². The molecule has 0 unspecified atom stereocenters. The van der Waals surface area contributed by atoms with Gasteiger partial charge in [0.1, 0.15) is 11.9 Å². The number of nitrogens with zero attached hydrogens (tertiary/aromatic N) is 5. The number of carbonyl (C=O) groups excluding carboxylic acids is 1. The molecular weight excluding hydrogens is 486 g/mol. The zero-order chi connectivity index (χ0) is 26.0. The van der Waals surface area contributed by atoms with Crippen LogP contribution >= 0.6 is 11.6 Å². The van der Waals surface area contributed by atoms with Gasteiger partial charge in [0.15, 0.2) is 5.78 Å². The Morgan fingerprint density at radius 3 is 2.14 bits per heavy atom. The fourth-order valence-corrected chi connectivity index (χ4v) is 4.87. The highest BCUT2D eigenvalue weighted by molar-refractivity contribution is 6.30. The van der Waals surface area contributed by atoms with Crippen LogP contribution < -0.4 is 10.6 Å². The summed E-state index contributed by atoms with van der Waals surface area (Å²) in [4.78, 5) is 31.3. The molecule has 0 amide bonds. The first-order valence-electron chi connectivity index (χ1n) is 12.4. The number of ketones is 1. The number of halogens is 1. The van der Waals surface area contributed by atoms with E-state index in [1.165, 1.54) is 21.1 Å². The predicted octanol–water partition coefficient (Wildman–Crippen LogP) is 4.63. The second-order valence-electron chi connectivity index (χ2n) is 9.86. The minimum atomic E-state index is -1.16. The van der Waals surface area contributed by atoms with Crippen LogP contribution in [-0.2, 0) is 12.1 Å². The van der Waals surface area contributed by atoms with Gasteiger partial charge in [0.25, 0.3) is 0 Å². The highest BCUT2D eigenvalue weighted by Crippen LogP contribution is 2.22. The maximum absolute atomic E-state index is 13.3. The number of hydrogen-bond donors (Lipinski definition) is 0. The molecule has 0 atom stereocenters. The first kappa shape index (κ1) is 25.0. The van der Waals surface area contributed by atoms with E-state index >= 15 is 0 Å². The largest absolute Gasteiger partial charge is 0.369 e. The first-order chi connectivity index (χ1) is 17.8. The van der Waals surface area contributed by atoms with Gasteiger partial charge in [0, 0.05) is 49.0 Å². The van der Waals surface area contributed by atoms with E-state index in [9.17, 15) is 9.59 Å². The summed E-state index contributed by atoms with van der Waals surface area (Å²) < 4.78 is 2.71. The number of Topliss-reactive ketones (excluding diaryl/α,β-unsaturated/α-hetero) is 1. The lowest BCUT2D eigenvalue weighted by Gasteiger charge is -2.36. The van der Waals surface area contributed by atoms with Crippen LogP contribution in [0.2, 0.25) is 5.02 Å². The van der Waals surface area contributed by atoms with Crippen molar-refractivity contribution in [1.29, 1.82) is 0 Å². The molecule has 37 heavy (non-hydrogen) atoms. The van der Waals surface area contributed by atoms with E-state index in [2.05, 4.69) is 39.2 Å². The van der Waals surface area contributed by atoms with Gasteiger partial charge in [-0.1, -0.05) is 41.9 Å². The van der Waals surface area contributed by atoms with E-state index in [0.29, 0.717) is 16.3 Å². The Morgan fingerprint density at radius 1 is 0.865 bits per heavy atom. The number of anilines is 1. The molecule has 190 valence electrons. The van der Waals surface area contributed by atoms with Crippen molar-refractivity contribution < 1.29 is 4.79 Å². The summed E-state index contributed by atoms with van der Waals surface area (Å²) in [6, 6.07) is 25.1. The molecule has 0 radical (unpaired) electrons. The highest BCUT2D eigenvalue weighted by atomic mass is 35.5. The minimum absolute atomic E-state index is 0.210. The third kappa shape index (κ3) is 5.24. The molecule has 0 bridgehead atoms. The Balaban J connectivity index is 1.27. The van der Waals surface area contributed by atoms with E-state index in [1.807, 2.05) is 30.3 Å². The van der Waals surface area contributed by atoms with Crippen LogP contribution in [0.25, 0.3) is 5.69 Å². The number of benzene rings is 3. The van der Waals surface area contributed by atoms with E-state index in [4.69, 9.17) is 11.6 Å². The van der Waals surface area contributed by atoms with Crippen LogP contribution in [0.15, 0.2) is 90.0 Å². The molecule has 1 aliphatic heterocycles. The Hall–Kier alpha value is -3.68. The van der Waals surface area contributed by atoms with Gasteiger partial charge >= 0.3 is 5.69 Å². The van der Waals surface area contributed by atoms with E-state index in [-0.39, 0.29) is 11.5 Å². The number of aromatic nitrogens is 3. The average Bonchev–Trinajstić information content (AvgIpc) is 3.32. The summed E-state index contributed by atoms with van der Waals surface area (Å²) in [7, 11) is 0. The molecule has 0 saturated carbocycles. The molecule has 0 spiro atoms. The summed E-state index contributed by atoms with van der Waals surface area (Å²) >= 11 is 5.95. The Bertz CT molecular complexity index is 1420. The molecule has 0 aliphatic carbocycles. The fraction of sp³-hybridized carbons (Fsp3) is 0.276. The number of hydrogen-bond acceptors (Lipinski definition) is 5. The van der Waals surface area contributed by atoms with Gasteiger partial charge in [0.2, 0.25) is 0 Å². The Labute approximate surface area is 221 Å². The summed E-state index contributed by atoms with van der Waals surface area (Å²) in [5, 5.41) is 4.84. The molecule has 1 aliphatic rings. The topological polar surface area (TPSA) is 63.4 Å². The van der Waals surface area contributed by atoms with Gasteiger partial charge in [-0.25, -0.2) is 9.36 Å². The zero-order valence-electron chi connectivity index (χ0n) is 21.0. The second-order valence-corrected chi connectivity index (χ2v) is 10.3. The van der Waals surface area contributed by atoms with Crippen LogP contribution in [0, 0.1) is 0 Å². The average molecular weight is 516 g/mol. The SMILES string of the molecule is CC(C)(C(=O)c1ccc(Cl)cc1)n1ncn(-c2ccc(N3CCN(Cc4ccccc4)CC3)cc2)c1=O.